The number of halogens is 1. The van der Waals surface area contributed by atoms with E-state index in [0.717, 1.165) is 12.1 Å². The maximum Gasteiger partial charge on any atom is 0.321 e. The fourth-order valence-corrected chi connectivity index (χ4v) is 2.81. The van der Waals surface area contributed by atoms with Gasteiger partial charge in [-0.1, -0.05) is 13.0 Å². The number of benzene rings is 1. The van der Waals surface area contributed by atoms with Crippen molar-refractivity contribution in [2.75, 3.05) is 0 Å². The van der Waals surface area contributed by atoms with E-state index in [4.69, 9.17) is 5.11 Å². The van der Waals surface area contributed by atoms with Crippen LogP contribution in [0.2, 0.25) is 0 Å². The highest BCUT2D eigenvalue weighted by atomic mass is 32.2. The molecule has 5 nitrogen and oxygen atoms in total. The van der Waals surface area contributed by atoms with Crippen LogP contribution < -0.4 is 4.72 Å². The normalized spacial score (nSPS) is 13.3. The van der Waals surface area contributed by atoms with Crippen molar-refractivity contribution in [2.24, 2.45) is 0 Å². The molecule has 0 heterocycles. The maximum absolute atomic E-state index is 13.5. The molecular formula is C11H14FNO4S. The Morgan fingerprint density at radius 1 is 1.50 bits per heavy atom. The van der Waals surface area contributed by atoms with E-state index in [2.05, 4.69) is 0 Å². The standard InChI is InChI=1S/C11H14FNO4S/c1-3-9(11(14)15)13-18(16,17)10-6-7(2)4-5-8(10)12/h4-6,9,13H,3H2,1-2H3,(H,14,15)/t9-/m1/s1. The number of rotatable bonds is 5. The van der Waals surface area contributed by atoms with Crippen LogP contribution in [-0.2, 0) is 14.8 Å². The summed E-state index contributed by atoms with van der Waals surface area (Å²) in [6.07, 6.45) is 0.0714. The van der Waals surface area contributed by atoms with Gasteiger partial charge in [0.25, 0.3) is 0 Å². The van der Waals surface area contributed by atoms with Gasteiger partial charge >= 0.3 is 5.97 Å². The second-order valence-electron chi connectivity index (χ2n) is 3.85. The molecule has 0 aliphatic heterocycles. The van der Waals surface area contributed by atoms with E-state index in [1.807, 2.05) is 4.72 Å². The first-order chi connectivity index (χ1) is 8.27. The van der Waals surface area contributed by atoms with Crippen LogP contribution in [0.15, 0.2) is 23.1 Å². The number of nitrogens with one attached hydrogen (secondary N) is 1. The van der Waals surface area contributed by atoms with E-state index < -0.39 is 32.7 Å². The van der Waals surface area contributed by atoms with E-state index in [-0.39, 0.29) is 6.42 Å². The molecule has 2 N–H and O–H groups in total. The zero-order valence-corrected chi connectivity index (χ0v) is 10.8. The van der Waals surface area contributed by atoms with Crippen molar-refractivity contribution in [1.29, 1.82) is 0 Å². The minimum Gasteiger partial charge on any atom is -0.480 e. The molecule has 0 bridgehead atoms. The third-order valence-electron chi connectivity index (χ3n) is 2.38. The first-order valence-electron chi connectivity index (χ1n) is 5.29. The number of carboxylic acid groups (broad SMARTS) is 1. The van der Waals surface area contributed by atoms with Crippen molar-refractivity contribution >= 4 is 16.0 Å². The largest absolute Gasteiger partial charge is 0.480 e. The van der Waals surface area contributed by atoms with Gasteiger partial charge in [-0.25, -0.2) is 12.8 Å². The van der Waals surface area contributed by atoms with Gasteiger partial charge in [0.05, 0.1) is 0 Å². The minimum absolute atomic E-state index is 0.0714. The molecule has 0 aromatic heterocycles. The van der Waals surface area contributed by atoms with Gasteiger partial charge in [0.2, 0.25) is 10.0 Å². The van der Waals surface area contributed by atoms with E-state index in [1.165, 1.54) is 13.0 Å². The Hall–Kier alpha value is -1.47. The smallest absolute Gasteiger partial charge is 0.321 e. The highest BCUT2D eigenvalue weighted by Crippen LogP contribution is 2.16. The molecule has 7 heteroatoms. The molecule has 1 aromatic rings. The summed E-state index contributed by atoms with van der Waals surface area (Å²) in [5, 5.41) is 8.79. The molecule has 0 saturated carbocycles. The van der Waals surface area contributed by atoms with Crippen molar-refractivity contribution in [3.05, 3.63) is 29.6 Å². The number of carbonyl (C=O) groups is 1. The topological polar surface area (TPSA) is 83.5 Å². The Morgan fingerprint density at radius 3 is 2.61 bits per heavy atom. The molecule has 1 rings (SSSR count). The Labute approximate surface area is 105 Å². The Balaban J connectivity index is 3.14. The Morgan fingerprint density at radius 2 is 2.11 bits per heavy atom. The predicted molar refractivity (Wildman–Crippen MR) is 63.2 cm³/mol. The molecule has 0 saturated heterocycles. The van der Waals surface area contributed by atoms with Gasteiger partial charge in [0, 0.05) is 0 Å². The molecule has 0 unspecified atom stereocenters. The average Bonchev–Trinajstić information content (AvgIpc) is 2.28. The zero-order chi connectivity index (χ0) is 13.9. The number of aryl methyl sites for hydroxylation is 1. The van der Waals surface area contributed by atoms with Gasteiger partial charge in [0.1, 0.15) is 16.8 Å². The molecule has 0 fully saturated rings. The van der Waals surface area contributed by atoms with E-state index in [0.29, 0.717) is 5.56 Å². The molecule has 18 heavy (non-hydrogen) atoms. The van der Waals surface area contributed by atoms with Crippen molar-refractivity contribution in [1.82, 2.24) is 4.72 Å². The second-order valence-corrected chi connectivity index (χ2v) is 5.54. The Kier molecular flexibility index (Phi) is 4.42. The second kappa shape index (κ2) is 5.45. The van der Waals surface area contributed by atoms with Crippen LogP contribution >= 0.6 is 0 Å². The van der Waals surface area contributed by atoms with Crippen molar-refractivity contribution in [2.45, 2.75) is 31.2 Å². The van der Waals surface area contributed by atoms with E-state index in [9.17, 15) is 17.6 Å². The summed E-state index contributed by atoms with van der Waals surface area (Å²) >= 11 is 0. The van der Waals surface area contributed by atoms with Crippen LogP contribution in [0.25, 0.3) is 0 Å². The van der Waals surface area contributed by atoms with E-state index in [1.54, 1.807) is 6.92 Å². The lowest BCUT2D eigenvalue weighted by Crippen LogP contribution is -2.40. The summed E-state index contributed by atoms with van der Waals surface area (Å²) < 4.78 is 39.1. The van der Waals surface area contributed by atoms with Crippen molar-refractivity contribution in [3.63, 3.8) is 0 Å². The number of carboxylic acids is 1. The highest BCUT2D eigenvalue weighted by molar-refractivity contribution is 7.89. The van der Waals surface area contributed by atoms with Crippen molar-refractivity contribution in [3.8, 4) is 0 Å². The molecule has 100 valence electrons. The summed E-state index contributed by atoms with van der Waals surface area (Å²) in [6.45, 7) is 3.14. The van der Waals surface area contributed by atoms with Gasteiger partial charge < -0.3 is 5.11 Å². The van der Waals surface area contributed by atoms with Crippen LogP contribution in [0.3, 0.4) is 0 Å². The lowest BCUT2D eigenvalue weighted by Gasteiger charge is -2.13. The third-order valence-corrected chi connectivity index (χ3v) is 3.87. The quantitative estimate of drug-likeness (QED) is 0.847. The van der Waals surface area contributed by atoms with Gasteiger partial charge in [-0.2, -0.15) is 4.72 Å². The third kappa shape index (κ3) is 3.27. The number of hydrogen-bond donors (Lipinski definition) is 2. The summed E-state index contributed by atoms with van der Waals surface area (Å²) in [4.78, 5) is 10.2. The first kappa shape index (κ1) is 14.6. The summed E-state index contributed by atoms with van der Waals surface area (Å²) in [5.74, 6) is -2.21. The Bertz CT molecular complexity index is 556. The lowest BCUT2D eigenvalue weighted by molar-refractivity contribution is -0.139. The highest BCUT2D eigenvalue weighted by Gasteiger charge is 2.26. The summed E-state index contributed by atoms with van der Waals surface area (Å²) in [6, 6.07) is 2.36. The van der Waals surface area contributed by atoms with Gasteiger partial charge in [-0.15, -0.1) is 0 Å². The molecule has 1 aromatic carbocycles. The molecule has 0 radical (unpaired) electrons. The molecular weight excluding hydrogens is 261 g/mol. The predicted octanol–water partition coefficient (Wildman–Crippen LogP) is 1.28. The monoisotopic (exact) mass is 275 g/mol. The van der Waals surface area contributed by atoms with Gasteiger partial charge in [-0.3, -0.25) is 4.79 Å². The van der Waals surface area contributed by atoms with Crippen LogP contribution in [-0.4, -0.2) is 25.5 Å². The zero-order valence-electron chi connectivity index (χ0n) is 9.97. The molecule has 0 aliphatic carbocycles. The maximum atomic E-state index is 13.5. The molecule has 0 spiro atoms. The van der Waals surface area contributed by atoms with E-state index >= 15 is 0 Å². The van der Waals surface area contributed by atoms with Gasteiger partial charge in [-0.05, 0) is 31.0 Å². The molecule has 0 aliphatic rings. The minimum atomic E-state index is -4.18. The van der Waals surface area contributed by atoms with Crippen LogP contribution in [0, 0.1) is 12.7 Å². The average molecular weight is 275 g/mol. The lowest BCUT2D eigenvalue weighted by atomic mass is 10.2. The van der Waals surface area contributed by atoms with Crippen molar-refractivity contribution < 1.29 is 22.7 Å². The summed E-state index contributed by atoms with van der Waals surface area (Å²) in [5.41, 5.74) is 0.570. The number of hydrogen-bond acceptors (Lipinski definition) is 3. The fourth-order valence-electron chi connectivity index (χ4n) is 1.38. The van der Waals surface area contributed by atoms with Crippen LogP contribution in [0.5, 0.6) is 0 Å². The van der Waals surface area contributed by atoms with Crippen LogP contribution in [0.1, 0.15) is 18.9 Å². The number of sulfonamides is 1. The van der Waals surface area contributed by atoms with Crippen LogP contribution in [0.4, 0.5) is 4.39 Å². The first-order valence-corrected chi connectivity index (χ1v) is 6.77. The SMILES string of the molecule is CC[C@@H](NS(=O)(=O)c1cc(C)ccc1F)C(=O)O. The van der Waals surface area contributed by atoms with Gasteiger partial charge in [0.15, 0.2) is 0 Å². The fraction of sp³-hybridized carbons (Fsp3) is 0.364. The molecule has 1 atom stereocenters. The molecule has 0 amide bonds. The summed E-state index contributed by atoms with van der Waals surface area (Å²) in [7, 11) is -4.18. The number of aliphatic carboxylic acids is 1.